The lowest BCUT2D eigenvalue weighted by atomic mass is 9.32. The van der Waals surface area contributed by atoms with Gasteiger partial charge >= 0.3 is 11.9 Å². The summed E-state index contributed by atoms with van der Waals surface area (Å²) >= 11 is 0. The molecule has 0 spiro atoms. The number of nitrogens with one attached hydrogen (secondary N) is 1. The molecular formula is C46H79N3O6S. The van der Waals surface area contributed by atoms with Gasteiger partial charge in [-0.2, -0.15) is 4.31 Å². The van der Waals surface area contributed by atoms with E-state index in [1.165, 1.54) is 69.6 Å². The summed E-state index contributed by atoms with van der Waals surface area (Å²) in [5, 5.41) is 13.2. The molecule has 0 radical (unpaired) electrons. The highest BCUT2D eigenvalue weighted by molar-refractivity contribution is 7.88. The largest absolute Gasteiger partial charge is 0.481 e. The van der Waals surface area contributed by atoms with E-state index in [9.17, 15) is 23.1 Å². The van der Waals surface area contributed by atoms with Crippen LogP contribution in [0.25, 0.3) is 0 Å². The Bertz CT molecular complexity index is 1590. The summed E-state index contributed by atoms with van der Waals surface area (Å²) in [4.78, 5) is 27.1. The Labute approximate surface area is 340 Å². The van der Waals surface area contributed by atoms with Crippen molar-refractivity contribution in [2.45, 2.75) is 151 Å². The second-order valence-corrected chi connectivity index (χ2v) is 24.1. The predicted octanol–water partition coefficient (Wildman–Crippen LogP) is 8.39. The molecule has 1 aliphatic heterocycles. The number of esters is 1. The minimum absolute atomic E-state index is 0.0417. The second-order valence-electron chi connectivity index (χ2n) is 22.2. The Balaban J connectivity index is 1.10. The molecule has 9 nitrogen and oxygen atoms in total. The zero-order valence-electron chi connectivity index (χ0n) is 36.8. The van der Waals surface area contributed by atoms with Crippen LogP contribution in [0.3, 0.4) is 0 Å². The Hall–Kier alpha value is -1.49. The number of allylic oxidation sites excluding steroid dienone is 1. The highest BCUT2D eigenvalue weighted by Crippen LogP contribution is 2.78. The number of carboxylic acid groups (broad SMARTS) is 1. The first kappa shape index (κ1) is 44.1. The van der Waals surface area contributed by atoms with E-state index in [2.05, 4.69) is 58.3 Å². The molecule has 2 N–H and O–H groups in total. The van der Waals surface area contributed by atoms with Crippen molar-refractivity contribution in [1.29, 1.82) is 0 Å². The van der Waals surface area contributed by atoms with Crippen LogP contribution in [-0.2, 0) is 24.3 Å². The molecule has 320 valence electrons. The Morgan fingerprint density at radius 3 is 2.20 bits per heavy atom. The normalized spacial score (nSPS) is 40.2. The van der Waals surface area contributed by atoms with Gasteiger partial charge in [-0.15, -0.1) is 0 Å². The average Bonchev–Trinajstić information content (AvgIpc) is 3.47. The van der Waals surface area contributed by atoms with Crippen LogP contribution in [0.1, 0.15) is 145 Å². The van der Waals surface area contributed by atoms with Gasteiger partial charge in [0.2, 0.25) is 10.0 Å². The molecular weight excluding hydrogens is 723 g/mol. The van der Waals surface area contributed by atoms with Crippen molar-refractivity contribution in [1.82, 2.24) is 14.5 Å². The fraction of sp³-hybridized carbons (Fsp3) is 0.913. The fourth-order valence-corrected chi connectivity index (χ4v) is 16.0. The van der Waals surface area contributed by atoms with E-state index in [-0.39, 0.29) is 46.6 Å². The summed E-state index contributed by atoms with van der Waals surface area (Å²) in [6.07, 6.45) is 15.9. The number of hydrogen-bond donors (Lipinski definition) is 2. The standard InChI is InChI=1S/C46H79N3O6S/c1-32(2)33-14-19-46(22-24-47-23-11-25-48-26-28-49(29-27-48)56(10,53)54)21-20-44(8)34(40(33)46)12-13-36-43(7)17-16-37(42(5,6)35(43)15-18-45(36,44)9)55-39(52)31-41(3,4)30-38(50)51/h33-37,40,47H,1,11-31H2,2-10H3,(H,50,51)/t33-,34+,35-,36+,37-,40+,43-,44+,45+,46+/m0/s1. The molecule has 0 unspecified atom stereocenters. The molecule has 10 atom stereocenters. The second kappa shape index (κ2) is 15.8. The first-order valence-electron chi connectivity index (χ1n) is 22.4. The summed E-state index contributed by atoms with van der Waals surface area (Å²) in [5.41, 5.74) is 1.76. The maximum Gasteiger partial charge on any atom is 0.306 e. The molecule has 1 saturated heterocycles. The van der Waals surface area contributed by atoms with E-state index in [0.717, 1.165) is 52.0 Å². The lowest BCUT2D eigenvalue weighted by Gasteiger charge is -2.73. The summed E-state index contributed by atoms with van der Waals surface area (Å²) < 4.78 is 31.7. The zero-order chi connectivity index (χ0) is 41.1. The molecule has 56 heavy (non-hydrogen) atoms. The number of sulfonamides is 1. The molecule has 6 fully saturated rings. The van der Waals surface area contributed by atoms with E-state index in [0.29, 0.717) is 48.1 Å². The first-order valence-corrected chi connectivity index (χ1v) is 24.3. The number of carbonyl (C=O) groups excluding carboxylic acids is 1. The molecule has 0 aromatic carbocycles. The Morgan fingerprint density at radius 1 is 0.857 bits per heavy atom. The van der Waals surface area contributed by atoms with Crippen molar-refractivity contribution in [3.63, 3.8) is 0 Å². The van der Waals surface area contributed by atoms with Gasteiger partial charge in [0.1, 0.15) is 6.10 Å². The highest BCUT2D eigenvalue weighted by Gasteiger charge is 2.71. The number of piperazine rings is 1. The van der Waals surface area contributed by atoms with Crippen LogP contribution in [0.5, 0.6) is 0 Å². The lowest BCUT2D eigenvalue weighted by Crippen LogP contribution is -2.66. The number of rotatable bonds is 14. The predicted molar refractivity (Wildman–Crippen MR) is 224 cm³/mol. The average molecular weight is 802 g/mol. The minimum Gasteiger partial charge on any atom is -0.481 e. The molecule has 0 bridgehead atoms. The van der Waals surface area contributed by atoms with Gasteiger partial charge in [-0.05, 0) is 160 Å². The third-order valence-corrected chi connectivity index (χ3v) is 19.4. The molecule has 0 amide bonds. The van der Waals surface area contributed by atoms with Crippen molar-refractivity contribution in [3.8, 4) is 0 Å². The maximum absolute atomic E-state index is 13.3. The van der Waals surface area contributed by atoms with Crippen LogP contribution in [0.4, 0.5) is 0 Å². The van der Waals surface area contributed by atoms with Crippen molar-refractivity contribution in [2.24, 2.45) is 62.1 Å². The third-order valence-electron chi connectivity index (χ3n) is 18.1. The smallest absolute Gasteiger partial charge is 0.306 e. The van der Waals surface area contributed by atoms with Gasteiger partial charge in [-0.1, -0.05) is 60.6 Å². The van der Waals surface area contributed by atoms with Gasteiger partial charge in [0, 0.05) is 31.6 Å². The lowest BCUT2D eigenvalue weighted by molar-refractivity contribution is -0.250. The Morgan fingerprint density at radius 2 is 1.55 bits per heavy atom. The molecule has 10 heteroatoms. The van der Waals surface area contributed by atoms with Crippen LogP contribution in [-0.4, -0.2) is 92.8 Å². The number of aliphatic carboxylic acids is 1. The van der Waals surface area contributed by atoms with Crippen LogP contribution < -0.4 is 5.32 Å². The van der Waals surface area contributed by atoms with Gasteiger partial charge in [0.05, 0.1) is 19.1 Å². The van der Waals surface area contributed by atoms with Gasteiger partial charge in [0.25, 0.3) is 0 Å². The van der Waals surface area contributed by atoms with Crippen LogP contribution >= 0.6 is 0 Å². The van der Waals surface area contributed by atoms with Crippen molar-refractivity contribution in [2.75, 3.05) is 52.1 Å². The van der Waals surface area contributed by atoms with Gasteiger partial charge < -0.3 is 20.1 Å². The van der Waals surface area contributed by atoms with Gasteiger partial charge in [-0.3, -0.25) is 9.59 Å². The monoisotopic (exact) mass is 802 g/mol. The van der Waals surface area contributed by atoms with E-state index < -0.39 is 21.4 Å². The van der Waals surface area contributed by atoms with Gasteiger partial charge in [-0.25, -0.2) is 8.42 Å². The number of nitrogens with zero attached hydrogens (tertiary/aromatic N) is 2. The Kier molecular flexibility index (Phi) is 12.5. The number of ether oxygens (including phenoxy) is 1. The molecule has 5 saturated carbocycles. The quantitative estimate of drug-likeness (QED) is 0.102. The third kappa shape index (κ3) is 8.06. The van der Waals surface area contributed by atoms with E-state index in [4.69, 9.17) is 4.74 Å². The molecule has 0 aromatic rings. The van der Waals surface area contributed by atoms with Crippen molar-refractivity contribution in [3.05, 3.63) is 12.2 Å². The summed E-state index contributed by atoms with van der Waals surface area (Å²) in [5.74, 6) is 2.03. The number of hydrogen-bond acceptors (Lipinski definition) is 7. The molecule has 0 aromatic heterocycles. The summed E-state index contributed by atoms with van der Waals surface area (Å²) in [6.45, 7) is 29.3. The summed E-state index contributed by atoms with van der Waals surface area (Å²) in [7, 11) is -3.09. The van der Waals surface area contributed by atoms with Crippen LogP contribution in [0.15, 0.2) is 12.2 Å². The van der Waals surface area contributed by atoms with Crippen LogP contribution in [0, 0.1) is 62.1 Å². The molecule has 6 aliphatic rings. The van der Waals surface area contributed by atoms with Crippen molar-refractivity contribution >= 4 is 22.0 Å². The number of carbonyl (C=O) groups is 2. The van der Waals surface area contributed by atoms with E-state index in [1.54, 1.807) is 4.31 Å². The molecule has 1 heterocycles. The van der Waals surface area contributed by atoms with E-state index in [1.807, 2.05) is 13.8 Å². The van der Waals surface area contributed by atoms with Gasteiger partial charge in [0.15, 0.2) is 0 Å². The van der Waals surface area contributed by atoms with E-state index >= 15 is 0 Å². The van der Waals surface area contributed by atoms with Crippen molar-refractivity contribution < 1.29 is 27.9 Å². The summed E-state index contributed by atoms with van der Waals surface area (Å²) in [6, 6.07) is 0. The highest BCUT2D eigenvalue weighted by atomic mass is 32.2. The molecule has 5 aliphatic carbocycles. The zero-order valence-corrected chi connectivity index (χ0v) is 37.6. The number of fused-ring (bicyclic) bond motifs is 7. The topological polar surface area (TPSA) is 116 Å². The minimum atomic E-state index is -3.09. The number of carboxylic acids is 1. The first-order chi connectivity index (χ1) is 26.0. The fourth-order valence-electron chi connectivity index (χ4n) is 15.1. The maximum atomic E-state index is 13.3. The SMILES string of the molecule is C=C(C)[C@@H]1CC[C@]2(CCNCCCN3CCN(S(C)(=O)=O)CC3)CC[C@]3(C)[C@H](CC[C@@H]4[C@@]5(C)CC[C@H](OC(=O)CC(C)(C)CC(=O)O)C(C)(C)[C@@H]5CC[C@]43C)[C@@H]12. The van der Waals surface area contributed by atoms with Crippen LogP contribution in [0.2, 0.25) is 0 Å². The molecule has 6 rings (SSSR count).